The van der Waals surface area contributed by atoms with Crippen molar-refractivity contribution in [3.8, 4) is 0 Å². The molecule has 0 saturated heterocycles. The quantitative estimate of drug-likeness (QED) is 0.327. The Morgan fingerprint density at radius 2 is 1.19 bits per heavy atom. The van der Waals surface area contributed by atoms with Crippen LogP contribution in [-0.4, -0.2) is 48.4 Å². The molecule has 0 fully saturated rings. The Bertz CT molecular complexity index is 643. The van der Waals surface area contributed by atoms with E-state index in [-0.39, 0.29) is 29.6 Å². The van der Waals surface area contributed by atoms with Crippen LogP contribution in [0, 0.1) is 23.2 Å². The van der Waals surface area contributed by atoms with E-state index in [1.54, 1.807) is 48.5 Å². The van der Waals surface area contributed by atoms with Gasteiger partial charge in [-0.15, -0.1) is 0 Å². The normalized spacial score (nSPS) is 14.7. The van der Waals surface area contributed by atoms with Gasteiger partial charge in [0.05, 0.1) is 0 Å². The van der Waals surface area contributed by atoms with Crippen molar-refractivity contribution >= 4 is 23.6 Å². The Balaban J connectivity index is 4.86. The highest BCUT2D eigenvalue weighted by molar-refractivity contribution is 5.89. The maximum atomic E-state index is 12.6. The summed E-state index contributed by atoms with van der Waals surface area (Å²) in [6.07, 6.45) is -1.87. The molecule has 0 radical (unpaired) electrons. The van der Waals surface area contributed by atoms with E-state index >= 15 is 0 Å². The smallest absolute Gasteiger partial charge is 0.265 e. The zero-order chi connectivity index (χ0) is 25.2. The summed E-state index contributed by atoms with van der Waals surface area (Å²) in [5.41, 5.74) is 3.87. The van der Waals surface area contributed by atoms with Crippen molar-refractivity contribution in [1.29, 1.82) is 0 Å². The van der Waals surface area contributed by atoms with Crippen LogP contribution in [0.1, 0.15) is 69.2 Å². The summed E-state index contributed by atoms with van der Waals surface area (Å²) < 4.78 is 0. The Morgan fingerprint density at radius 1 is 0.719 bits per heavy atom. The average molecular weight is 459 g/mol. The average Bonchev–Trinajstić information content (AvgIpc) is 2.64. The molecule has 0 spiro atoms. The van der Waals surface area contributed by atoms with Crippen LogP contribution in [0.25, 0.3) is 0 Å². The third-order valence-electron chi connectivity index (χ3n) is 4.41. The fourth-order valence-electron chi connectivity index (χ4n) is 2.23. The Hall–Kier alpha value is -2.20. The first-order valence-electron chi connectivity index (χ1n) is 11.1. The van der Waals surface area contributed by atoms with E-state index in [0.717, 1.165) is 0 Å². The summed E-state index contributed by atoms with van der Waals surface area (Å²) in [4.78, 5) is 59.9. The number of amides is 4. The molecule has 0 aliphatic rings. The fourth-order valence-corrected chi connectivity index (χ4v) is 2.23. The standard InChI is InChI=1S/C22H42N4O6/c1-12(2)11-23-19(28)16(13(3)4)31-25-18(27)15(7)24-20(29)17(14(5)6)32-26-21(30)22(8,9)10/h12-17H,11H2,1-10H3,(H,23,28)(H,24,29)(H,25,27)(H,26,30)/t15-,16+,17+/m1/s1. The molecule has 0 aromatic heterocycles. The number of hydrogen-bond acceptors (Lipinski definition) is 6. The molecule has 10 heteroatoms. The van der Waals surface area contributed by atoms with Gasteiger partial charge in [-0.25, -0.2) is 11.0 Å². The van der Waals surface area contributed by atoms with E-state index in [9.17, 15) is 19.2 Å². The summed E-state index contributed by atoms with van der Waals surface area (Å²) in [5, 5.41) is 5.31. The molecule has 0 aliphatic heterocycles. The molecule has 3 atom stereocenters. The van der Waals surface area contributed by atoms with Crippen molar-refractivity contribution in [1.82, 2.24) is 21.6 Å². The Labute approximate surface area is 191 Å². The largest absolute Gasteiger partial charge is 0.353 e. The predicted octanol–water partition coefficient (Wildman–Crippen LogP) is 1.45. The number of hydroxylamine groups is 2. The van der Waals surface area contributed by atoms with Crippen LogP contribution in [0.3, 0.4) is 0 Å². The molecule has 32 heavy (non-hydrogen) atoms. The molecule has 0 unspecified atom stereocenters. The minimum atomic E-state index is -0.998. The van der Waals surface area contributed by atoms with Crippen LogP contribution in [0.5, 0.6) is 0 Å². The molecule has 0 aromatic carbocycles. The van der Waals surface area contributed by atoms with Gasteiger partial charge in [-0.05, 0) is 24.7 Å². The molecule has 10 nitrogen and oxygen atoms in total. The SMILES string of the molecule is CC(C)CNC(=O)[C@@H](ONC(=O)[C@@H](C)NC(=O)[C@@H](ONC(=O)C(C)(C)C)C(C)C)C(C)C. The summed E-state index contributed by atoms with van der Waals surface area (Å²) >= 11 is 0. The zero-order valence-electron chi connectivity index (χ0n) is 21.1. The third kappa shape index (κ3) is 10.9. The summed E-state index contributed by atoms with van der Waals surface area (Å²) in [5.74, 6) is -2.05. The highest BCUT2D eigenvalue weighted by Gasteiger charge is 2.30. The van der Waals surface area contributed by atoms with Gasteiger partial charge in [-0.3, -0.25) is 28.9 Å². The minimum Gasteiger partial charge on any atom is -0.353 e. The van der Waals surface area contributed by atoms with Crippen molar-refractivity contribution in [3.63, 3.8) is 0 Å². The highest BCUT2D eigenvalue weighted by Crippen LogP contribution is 2.14. The van der Waals surface area contributed by atoms with Crippen LogP contribution in [0.4, 0.5) is 0 Å². The van der Waals surface area contributed by atoms with Gasteiger partial charge in [-0.2, -0.15) is 0 Å². The lowest BCUT2D eigenvalue weighted by Gasteiger charge is -2.25. The molecular weight excluding hydrogens is 416 g/mol. The number of nitrogens with one attached hydrogen (secondary N) is 4. The number of carbonyl (C=O) groups excluding carboxylic acids is 4. The predicted molar refractivity (Wildman–Crippen MR) is 121 cm³/mol. The van der Waals surface area contributed by atoms with Crippen LogP contribution in [0.2, 0.25) is 0 Å². The van der Waals surface area contributed by atoms with Gasteiger partial charge < -0.3 is 10.6 Å². The van der Waals surface area contributed by atoms with Gasteiger partial charge in [0.1, 0.15) is 6.04 Å². The molecule has 0 heterocycles. The van der Waals surface area contributed by atoms with Gasteiger partial charge in [0, 0.05) is 12.0 Å². The summed E-state index contributed by atoms with van der Waals surface area (Å²) in [6.45, 7) is 18.2. The first-order chi connectivity index (χ1) is 14.6. The van der Waals surface area contributed by atoms with Crippen molar-refractivity contribution in [2.75, 3.05) is 6.54 Å². The van der Waals surface area contributed by atoms with Crippen molar-refractivity contribution in [2.24, 2.45) is 23.2 Å². The monoisotopic (exact) mass is 458 g/mol. The van der Waals surface area contributed by atoms with Crippen molar-refractivity contribution < 1.29 is 28.9 Å². The lowest BCUT2D eigenvalue weighted by Crippen LogP contribution is -2.53. The highest BCUT2D eigenvalue weighted by atomic mass is 16.7. The lowest BCUT2D eigenvalue weighted by molar-refractivity contribution is -0.160. The van der Waals surface area contributed by atoms with Gasteiger partial charge in [0.25, 0.3) is 17.7 Å². The van der Waals surface area contributed by atoms with Crippen molar-refractivity contribution in [3.05, 3.63) is 0 Å². The fraction of sp³-hybridized carbons (Fsp3) is 0.818. The zero-order valence-corrected chi connectivity index (χ0v) is 21.1. The molecule has 0 aliphatic carbocycles. The molecule has 4 amide bonds. The van der Waals surface area contributed by atoms with E-state index in [0.29, 0.717) is 6.54 Å². The van der Waals surface area contributed by atoms with E-state index < -0.39 is 35.5 Å². The Kier molecular flexibility index (Phi) is 12.5. The second-order valence-electron chi connectivity index (χ2n) is 10.1. The molecule has 0 rings (SSSR count). The first kappa shape index (κ1) is 29.8. The van der Waals surface area contributed by atoms with Crippen LogP contribution in [-0.2, 0) is 28.9 Å². The van der Waals surface area contributed by atoms with Crippen molar-refractivity contribution in [2.45, 2.75) is 87.5 Å². The molecule has 0 bridgehead atoms. The van der Waals surface area contributed by atoms with Gasteiger partial charge in [0.2, 0.25) is 5.91 Å². The second-order valence-corrected chi connectivity index (χ2v) is 10.1. The van der Waals surface area contributed by atoms with E-state index in [2.05, 4.69) is 21.6 Å². The van der Waals surface area contributed by atoms with Crippen LogP contribution < -0.4 is 21.6 Å². The second kappa shape index (κ2) is 13.4. The molecule has 0 saturated carbocycles. The molecule has 4 N–H and O–H groups in total. The minimum absolute atomic E-state index is 0.183. The van der Waals surface area contributed by atoms with E-state index in [1.807, 2.05) is 13.8 Å². The molecular formula is C22H42N4O6. The Morgan fingerprint density at radius 3 is 1.62 bits per heavy atom. The number of hydrogen-bond donors (Lipinski definition) is 4. The van der Waals surface area contributed by atoms with E-state index in [4.69, 9.17) is 9.68 Å². The van der Waals surface area contributed by atoms with E-state index in [1.165, 1.54) is 6.92 Å². The third-order valence-corrected chi connectivity index (χ3v) is 4.41. The van der Waals surface area contributed by atoms with Crippen LogP contribution in [0.15, 0.2) is 0 Å². The number of rotatable bonds is 12. The van der Waals surface area contributed by atoms with Gasteiger partial charge in [0.15, 0.2) is 12.2 Å². The lowest BCUT2D eigenvalue weighted by atomic mass is 9.96. The van der Waals surface area contributed by atoms with Crippen LogP contribution >= 0.6 is 0 Å². The maximum absolute atomic E-state index is 12.6. The first-order valence-corrected chi connectivity index (χ1v) is 11.1. The topological polar surface area (TPSA) is 135 Å². The molecule has 0 aromatic rings. The molecule has 186 valence electrons. The maximum Gasteiger partial charge on any atom is 0.265 e. The van der Waals surface area contributed by atoms with Gasteiger partial charge in [-0.1, -0.05) is 62.3 Å². The summed E-state index contributed by atoms with van der Waals surface area (Å²) in [6, 6.07) is -0.961. The van der Waals surface area contributed by atoms with Gasteiger partial charge >= 0.3 is 0 Å². The number of carbonyl (C=O) groups is 4. The summed E-state index contributed by atoms with van der Waals surface area (Å²) in [7, 11) is 0.